The maximum absolute atomic E-state index is 5.18. The van der Waals surface area contributed by atoms with E-state index in [1.165, 1.54) is 82.9 Å². The predicted molar refractivity (Wildman–Crippen MR) is 211 cm³/mol. The minimum atomic E-state index is 1.00. The van der Waals surface area contributed by atoms with Crippen LogP contribution in [0.15, 0.2) is 152 Å². The number of rotatable bonds is 4. The minimum absolute atomic E-state index is 1.00. The molecule has 0 atom stereocenters. The lowest BCUT2D eigenvalue weighted by Crippen LogP contribution is -2.24. The second-order valence-electron chi connectivity index (χ2n) is 13.7. The van der Waals surface area contributed by atoms with E-state index in [0.29, 0.717) is 0 Å². The molecule has 7 aromatic carbocycles. The smallest absolute Gasteiger partial charge is 0.0792 e. The third-order valence-electron chi connectivity index (χ3n) is 10.9. The van der Waals surface area contributed by atoms with Crippen LogP contribution in [0.2, 0.25) is 0 Å². The Bertz CT molecular complexity index is 2560. The molecule has 3 heterocycles. The van der Waals surface area contributed by atoms with Gasteiger partial charge in [0.1, 0.15) is 0 Å². The molecule has 3 nitrogen and oxygen atoms in total. The average molecular weight is 644 g/mol. The van der Waals surface area contributed by atoms with E-state index >= 15 is 0 Å². The Morgan fingerprint density at radius 2 is 1.00 bits per heavy atom. The first-order chi connectivity index (χ1) is 24.8. The molecule has 2 aliphatic rings. The Morgan fingerprint density at radius 1 is 0.440 bits per heavy atom. The molecule has 0 fully saturated rings. The number of para-hydroxylation sites is 2. The molecular formula is C47H37N3. The molecule has 0 saturated heterocycles. The van der Waals surface area contributed by atoms with Crippen molar-refractivity contribution in [2.24, 2.45) is 0 Å². The fourth-order valence-corrected chi connectivity index (χ4v) is 8.63. The molecule has 8 aromatic rings. The molecule has 3 heteroatoms. The van der Waals surface area contributed by atoms with Crippen molar-refractivity contribution in [3.8, 4) is 22.4 Å². The van der Waals surface area contributed by atoms with Crippen LogP contribution < -0.4 is 9.80 Å². The maximum atomic E-state index is 5.18. The van der Waals surface area contributed by atoms with Crippen molar-refractivity contribution in [2.45, 2.75) is 25.7 Å². The zero-order valence-electron chi connectivity index (χ0n) is 28.0. The van der Waals surface area contributed by atoms with Crippen LogP contribution in [0.25, 0.3) is 54.7 Å². The number of pyridine rings is 1. The molecule has 50 heavy (non-hydrogen) atoms. The van der Waals surface area contributed by atoms with Gasteiger partial charge in [-0.05, 0) is 117 Å². The predicted octanol–water partition coefficient (Wildman–Crippen LogP) is 12.0. The van der Waals surface area contributed by atoms with Gasteiger partial charge in [0.25, 0.3) is 0 Å². The molecule has 240 valence electrons. The number of anilines is 4. The first kappa shape index (κ1) is 29.0. The molecule has 0 spiro atoms. The van der Waals surface area contributed by atoms with Crippen LogP contribution in [0, 0.1) is 0 Å². The van der Waals surface area contributed by atoms with E-state index < -0.39 is 0 Å². The summed E-state index contributed by atoms with van der Waals surface area (Å²) in [5.74, 6) is 0. The Morgan fingerprint density at radius 3 is 1.68 bits per heavy atom. The highest BCUT2D eigenvalue weighted by atomic mass is 15.1. The quantitative estimate of drug-likeness (QED) is 0.178. The third kappa shape index (κ3) is 4.69. The minimum Gasteiger partial charge on any atom is -0.341 e. The summed E-state index contributed by atoms with van der Waals surface area (Å²) in [6.45, 7) is 2.01. The number of nitrogens with zero attached hydrogens (tertiary/aromatic N) is 3. The maximum Gasteiger partial charge on any atom is 0.0792 e. The van der Waals surface area contributed by atoms with E-state index in [2.05, 4.69) is 155 Å². The number of hydrogen-bond donors (Lipinski definition) is 0. The molecular weight excluding hydrogens is 607 g/mol. The summed E-state index contributed by atoms with van der Waals surface area (Å²) in [5, 5.41) is 7.34. The van der Waals surface area contributed by atoms with E-state index in [1.807, 2.05) is 6.20 Å². The van der Waals surface area contributed by atoms with Crippen molar-refractivity contribution < 1.29 is 0 Å². The number of aromatic nitrogens is 1. The van der Waals surface area contributed by atoms with E-state index in [4.69, 9.17) is 4.98 Å². The third-order valence-corrected chi connectivity index (χ3v) is 10.9. The van der Waals surface area contributed by atoms with Crippen LogP contribution in [0.1, 0.15) is 24.0 Å². The summed E-state index contributed by atoms with van der Waals surface area (Å²) in [5.41, 5.74) is 12.7. The van der Waals surface area contributed by atoms with Gasteiger partial charge in [0, 0.05) is 53.0 Å². The topological polar surface area (TPSA) is 19.4 Å². The van der Waals surface area contributed by atoms with Gasteiger partial charge >= 0.3 is 0 Å². The van der Waals surface area contributed by atoms with Gasteiger partial charge < -0.3 is 9.80 Å². The molecule has 10 rings (SSSR count). The van der Waals surface area contributed by atoms with E-state index in [9.17, 15) is 0 Å². The summed E-state index contributed by atoms with van der Waals surface area (Å²) in [6.07, 6.45) is 6.51. The van der Waals surface area contributed by atoms with Gasteiger partial charge in [0.2, 0.25) is 0 Å². The number of hydrogen-bond acceptors (Lipinski definition) is 3. The summed E-state index contributed by atoms with van der Waals surface area (Å²) in [7, 11) is 0. The van der Waals surface area contributed by atoms with Crippen LogP contribution in [-0.4, -0.2) is 18.1 Å². The van der Waals surface area contributed by atoms with Gasteiger partial charge in [-0.3, -0.25) is 4.98 Å². The SMILES string of the molecule is c1ccc(-c2c3cc(N4CCCc5ccccc54)ccc3c(-c3nccc4ccccc34)c3cc(N4CCCc5ccccc54)ccc23)cc1. The van der Waals surface area contributed by atoms with E-state index in [0.717, 1.165) is 44.5 Å². The summed E-state index contributed by atoms with van der Waals surface area (Å²) >= 11 is 0. The molecule has 2 aliphatic heterocycles. The molecule has 0 unspecified atom stereocenters. The van der Waals surface area contributed by atoms with Gasteiger partial charge in [-0.25, -0.2) is 0 Å². The van der Waals surface area contributed by atoms with Crippen molar-refractivity contribution in [2.75, 3.05) is 22.9 Å². The Balaban J connectivity index is 1.31. The van der Waals surface area contributed by atoms with Crippen molar-refractivity contribution >= 4 is 55.1 Å². The molecule has 0 saturated carbocycles. The number of fused-ring (bicyclic) bond motifs is 5. The van der Waals surface area contributed by atoms with Crippen molar-refractivity contribution in [3.05, 3.63) is 163 Å². The molecule has 0 N–H and O–H groups in total. The van der Waals surface area contributed by atoms with E-state index in [-0.39, 0.29) is 0 Å². The van der Waals surface area contributed by atoms with Gasteiger partial charge in [-0.2, -0.15) is 0 Å². The van der Waals surface area contributed by atoms with Crippen LogP contribution in [0.3, 0.4) is 0 Å². The highest BCUT2D eigenvalue weighted by Crippen LogP contribution is 2.48. The zero-order valence-corrected chi connectivity index (χ0v) is 28.0. The van der Waals surface area contributed by atoms with Crippen molar-refractivity contribution in [1.29, 1.82) is 0 Å². The molecule has 1 aromatic heterocycles. The lowest BCUT2D eigenvalue weighted by Gasteiger charge is -2.32. The second-order valence-corrected chi connectivity index (χ2v) is 13.7. The average Bonchev–Trinajstić information content (AvgIpc) is 3.19. The Hall–Kier alpha value is -5.93. The van der Waals surface area contributed by atoms with Gasteiger partial charge in [-0.1, -0.05) is 103 Å². The fourth-order valence-electron chi connectivity index (χ4n) is 8.63. The normalized spacial score (nSPS) is 14.2. The van der Waals surface area contributed by atoms with Gasteiger partial charge in [0.05, 0.1) is 5.69 Å². The van der Waals surface area contributed by atoms with E-state index in [1.54, 1.807) is 0 Å². The van der Waals surface area contributed by atoms with Crippen molar-refractivity contribution in [3.63, 3.8) is 0 Å². The molecule has 0 amide bonds. The summed E-state index contributed by atoms with van der Waals surface area (Å²) < 4.78 is 0. The fraction of sp³-hybridized carbons (Fsp3) is 0.128. The molecule has 0 radical (unpaired) electrons. The largest absolute Gasteiger partial charge is 0.341 e. The molecule has 0 aliphatic carbocycles. The first-order valence-electron chi connectivity index (χ1n) is 18.0. The van der Waals surface area contributed by atoms with Crippen LogP contribution in [-0.2, 0) is 12.8 Å². The van der Waals surface area contributed by atoms with Gasteiger partial charge in [0.15, 0.2) is 0 Å². The zero-order chi connectivity index (χ0) is 33.0. The van der Waals surface area contributed by atoms with Gasteiger partial charge in [-0.15, -0.1) is 0 Å². The second kappa shape index (κ2) is 11.9. The lowest BCUT2D eigenvalue weighted by atomic mass is 9.85. The monoisotopic (exact) mass is 643 g/mol. The lowest BCUT2D eigenvalue weighted by molar-refractivity contribution is 0.767. The standard InChI is InChI=1S/C47H37N3/c1-2-15-35(16-3-1)45-39-24-22-37(50-29-11-18-34-14-6-9-21-44(34)50)31-42(39)46(47-38-19-7-4-12-32(38)26-27-48-47)40-25-23-36(30-41(40)45)49-28-10-17-33-13-5-8-20-43(33)49/h1-9,12-16,19-27,30-31H,10-11,17-18,28-29H2. The summed E-state index contributed by atoms with van der Waals surface area (Å²) in [6, 6.07) is 53.9. The number of aryl methyl sites for hydroxylation is 2. The summed E-state index contributed by atoms with van der Waals surface area (Å²) in [4.78, 5) is 10.2. The molecule has 0 bridgehead atoms. The van der Waals surface area contributed by atoms with Crippen LogP contribution >= 0.6 is 0 Å². The van der Waals surface area contributed by atoms with Crippen LogP contribution in [0.5, 0.6) is 0 Å². The highest BCUT2D eigenvalue weighted by Gasteiger charge is 2.24. The van der Waals surface area contributed by atoms with Crippen LogP contribution in [0.4, 0.5) is 22.7 Å². The first-order valence-corrected chi connectivity index (χ1v) is 18.0. The Kier molecular flexibility index (Phi) is 6.90. The number of benzene rings is 7. The highest BCUT2D eigenvalue weighted by molar-refractivity contribution is 6.24. The Labute approximate surface area is 293 Å². The van der Waals surface area contributed by atoms with Crippen molar-refractivity contribution in [1.82, 2.24) is 4.98 Å².